The first-order chi connectivity index (χ1) is 10.3. The lowest BCUT2D eigenvalue weighted by molar-refractivity contribution is 0.644. The van der Waals surface area contributed by atoms with Crippen LogP contribution in [0.4, 0.5) is 10.9 Å². The number of hydrogen-bond donors (Lipinski definition) is 0. The van der Waals surface area contributed by atoms with Gasteiger partial charge in [-0.1, -0.05) is 11.3 Å². The molecular weight excluding hydrogens is 288 g/mol. The average Bonchev–Trinajstić information content (AvgIpc) is 3.15. The minimum Gasteiger partial charge on any atom is -0.350 e. The molecule has 0 aromatic carbocycles. The van der Waals surface area contributed by atoms with Crippen molar-refractivity contribution in [2.45, 2.75) is 6.92 Å². The zero-order valence-electron chi connectivity index (χ0n) is 11.5. The first kappa shape index (κ1) is 12.5. The average molecular weight is 302 g/mol. The van der Waals surface area contributed by atoms with Crippen molar-refractivity contribution in [3.05, 3.63) is 23.7 Å². The Bertz CT molecular complexity index is 757. The molecule has 1 fully saturated rings. The van der Waals surface area contributed by atoms with Gasteiger partial charge >= 0.3 is 0 Å². The van der Waals surface area contributed by atoms with E-state index in [2.05, 4.69) is 35.2 Å². The standard InChI is InChI=1S/C12H14N8S/c1-9-15-17-12(21-9)19-6-4-18(5-7-19)10-11-16-14-8-20(11)3-2-13-10/h2-3,8H,4-7H2,1H3. The Kier molecular flexibility index (Phi) is 2.92. The van der Waals surface area contributed by atoms with E-state index < -0.39 is 0 Å². The van der Waals surface area contributed by atoms with E-state index in [9.17, 15) is 0 Å². The molecule has 3 aromatic rings. The highest BCUT2D eigenvalue weighted by molar-refractivity contribution is 7.15. The fraction of sp³-hybridized carbons (Fsp3) is 0.417. The van der Waals surface area contributed by atoms with Crippen molar-refractivity contribution in [2.75, 3.05) is 36.0 Å². The number of rotatable bonds is 2. The molecule has 0 spiro atoms. The zero-order valence-corrected chi connectivity index (χ0v) is 12.4. The molecule has 1 saturated heterocycles. The summed E-state index contributed by atoms with van der Waals surface area (Å²) < 4.78 is 1.89. The molecule has 8 nitrogen and oxygen atoms in total. The smallest absolute Gasteiger partial charge is 0.208 e. The molecule has 0 radical (unpaired) electrons. The van der Waals surface area contributed by atoms with Gasteiger partial charge in [-0.3, -0.25) is 4.40 Å². The summed E-state index contributed by atoms with van der Waals surface area (Å²) in [6, 6.07) is 0. The van der Waals surface area contributed by atoms with Gasteiger partial charge < -0.3 is 9.80 Å². The van der Waals surface area contributed by atoms with Gasteiger partial charge in [-0.25, -0.2) is 4.98 Å². The van der Waals surface area contributed by atoms with Crippen LogP contribution in [0.5, 0.6) is 0 Å². The third kappa shape index (κ3) is 2.19. The molecule has 3 aromatic heterocycles. The fourth-order valence-electron chi connectivity index (χ4n) is 2.49. The van der Waals surface area contributed by atoms with Crippen molar-refractivity contribution in [3.8, 4) is 0 Å². The molecule has 0 aliphatic carbocycles. The second-order valence-corrected chi connectivity index (χ2v) is 6.05. The molecule has 108 valence electrons. The number of hydrogen-bond acceptors (Lipinski definition) is 8. The lowest BCUT2D eigenvalue weighted by Gasteiger charge is -2.34. The molecule has 0 N–H and O–H groups in total. The third-order valence-corrected chi connectivity index (χ3v) is 4.46. The molecule has 21 heavy (non-hydrogen) atoms. The molecule has 0 unspecified atom stereocenters. The van der Waals surface area contributed by atoms with Gasteiger partial charge in [-0.05, 0) is 6.92 Å². The van der Waals surface area contributed by atoms with Gasteiger partial charge in [0, 0.05) is 38.6 Å². The van der Waals surface area contributed by atoms with Crippen molar-refractivity contribution >= 4 is 27.9 Å². The minimum atomic E-state index is 0.803. The van der Waals surface area contributed by atoms with Gasteiger partial charge in [-0.2, -0.15) is 0 Å². The first-order valence-corrected chi connectivity index (χ1v) is 7.57. The van der Waals surface area contributed by atoms with Crippen LogP contribution in [0.3, 0.4) is 0 Å². The number of piperazine rings is 1. The summed E-state index contributed by atoms with van der Waals surface area (Å²) in [4.78, 5) is 8.98. The Hall–Kier alpha value is -2.29. The number of fused-ring (bicyclic) bond motifs is 1. The Labute approximate surface area is 125 Å². The van der Waals surface area contributed by atoms with E-state index in [4.69, 9.17) is 0 Å². The lowest BCUT2D eigenvalue weighted by Crippen LogP contribution is -2.47. The summed E-state index contributed by atoms with van der Waals surface area (Å²) in [6.07, 6.45) is 5.34. The van der Waals surface area contributed by atoms with Gasteiger partial charge in [0.25, 0.3) is 0 Å². The monoisotopic (exact) mass is 302 g/mol. The van der Waals surface area contributed by atoms with Crippen LogP contribution in [0, 0.1) is 6.92 Å². The maximum absolute atomic E-state index is 4.46. The summed E-state index contributed by atoms with van der Waals surface area (Å²) in [5.74, 6) is 0.892. The second kappa shape index (κ2) is 4.92. The highest BCUT2D eigenvalue weighted by Gasteiger charge is 2.22. The van der Waals surface area contributed by atoms with Gasteiger partial charge in [0.1, 0.15) is 11.3 Å². The normalized spacial score (nSPS) is 15.9. The Morgan fingerprint density at radius 1 is 1.05 bits per heavy atom. The molecule has 1 aliphatic rings. The molecule has 0 saturated carbocycles. The van der Waals surface area contributed by atoms with Crippen LogP contribution in [0.1, 0.15) is 5.01 Å². The van der Waals surface area contributed by atoms with E-state index in [1.807, 2.05) is 17.5 Å². The summed E-state index contributed by atoms with van der Waals surface area (Å²) >= 11 is 1.64. The summed E-state index contributed by atoms with van der Waals surface area (Å²) in [7, 11) is 0. The minimum absolute atomic E-state index is 0.803. The van der Waals surface area contributed by atoms with Crippen molar-refractivity contribution in [1.82, 2.24) is 29.8 Å². The van der Waals surface area contributed by atoms with Crippen LogP contribution in [-0.2, 0) is 0 Å². The molecular formula is C12H14N8S. The maximum atomic E-state index is 4.46. The molecule has 4 rings (SSSR count). The number of aromatic nitrogens is 6. The summed E-state index contributed by atoms with van der Waals surface area (Å²) in [5, 5.41) is 18.4. The number of nitrogens with zero attached hydrogens (tertiary/aromatic N) is 8. The summed E-state index contributed by atoms with van der Waals surface area (Å²) in [5.41, 5.74) is 0.803. The predicted molar refractivity (Wildman–Crippen MR) is 79.9 cm³/mol. The van der Waals surface area contributed by atoms with Gasteiger partial charge in [0.2, 0.25) is 10.8 Å². The summed E-state index contributed by atoms with van der Waals surface area (Å²) in [6.45, 7) is 5.57. The van der Waals surface area contributed by atoms with E-state index in [0.717, 1.165) is 47.8 Å². The van der Waals surface area contributed by atoms with Crippen molar-refractivity contribution in [1.29, 1.82) is 0 Å². The van der Waals surface area contributed by atoms with Crippen LogP contribution in [-0.4, -0.2) is 56.0 Å². The van der Waals surface area contributed by atoms with E-state index >= 15 is 0 Å². The molecule has 0 amide bonds. The van der Waals surface area contributed by atoms with Crippen LogP contribution in [0.2, 0.25) is 0 Å². The maximum Gasteiger partial charge on any atom is 0.208 e. The Balaban J connectivity index is 1.53. The topological polar surface area (TPSA) is 75.3 Å². The van der Waals surface area contributed by atoms with E-state index in [1.165, 1.54) is 0 Å². The highest BCUT2D eigenvalue weighted by Crippen LogP contribution is 2.23. The van der Waals surface area contributed by atoms with Crippen LogP contribution in [0.25, 0.3) is 5.65 Å². The van der Waals surface area contributed by atoms with Crippen molar-refractivity contribution < 1.29 is 0 Å². The van der Waals surface area contributed by atoms with Gasteiger partial charge in [0.05, 0.1) is 0 Å². The molecule has 9 heteroatoms. The van der Waals surface area contributed by atoms with Crippen molar-refractivity contribution in [2.24, 2.45) is 0 Å². The second-order valence-electron chi connectivity index (χ2n) is 4.89. The van der Waals surface area contributed by atoms with Gasteiger partial charge in [0.15, 0.2) is 5.82 Å². The predicted octanol–water partition coefficient (Wildman–Crippen LogP) is 0.611. The molecule has 1 aliphatic heterocycles. The molecule has 0 bridgehead atoms. The SMILES string of the molecule is Cc1nnc(N2CCN(c3nccn4cnnc34)CC2)s1. The number of anilines is 2. The van der Waals surface area contributed by atoms with Crippen LogP contribution < -0.4 is 9.80 Å². The largest absolute Gasteiger partial charge is 0.350 e. The lowest BCUT2D eigenvalue weighted by atomic mass is 10.3. The quantitative estimate of drug-likeness (QED) is 0.686. The molecule has 4 heterocycles. The fourth-order valence-corrected chi connectivity index (χ4v) is 3.23. The van der Waals surface area contributed by atoms with Crippen molar-refractivity contribution in [3.63, 3.8) is 0 Å². The number of aryl methyl sites for hydroxylation is 1. The zero-order chi connectivity index (χ0) is 14.2. The van der Waals surface area contributed by atoms with Crippen LogP contribution >= 0.6 is 11.3 Å². The van der Waals surface area contributed by atoms with Crippen LogP contribution in [0.15, 0.2) is 18.7 Å². The molecule has 0 atom stereocenters. The Morgan fingerprint density at radius 3 is 2.62 bits per heavy atom. The third-order valence-electron chi connectivity index (χ3n) is 3.56. The van der Waals surface area contributed by atoms with E-state index in [0.29, 0.717) is 0 Å². The Morgan fingerprint density at radius 2 is 1.86 bits per heavy atom. The highest BCUT2D eigenvalue weighted by atomic mass is 32.1. The van der Waals surface area contributed by atoms with Gasteiger partial charge in [-0.15, -0.1) is 20.4 Å². The van der Waals surface area contributed by atoms with E-state index in [-0.39, 0.29) is 0 Å². The first-order valence-electron chi connectivity index (χ1n) is 6.75. The van der Waals surface area contributed by atoms with E-state index in [1.54, 1.807) is 23.9 Å².